The summed E-state index contributed by atoms with van der Waals surface area (Å²) in [6.07, 6.45) is 4.68. The maximum atomic E-state index is 12.8. The molecule has 1 heterocycles. The van der Waals surface area contributed by atoms with Gasteiger partial charge in [0.2, 0.25) is 0 Å². The number of benzene rings is 3. The van der Waals surface area contributed by atoms with Crippen LogP contribution in [0.1, 0.15) is 38.3 Å². The van der Waals surface area contributed by atoms with Gasteiger partial charge in [0.1, 0.15) is 25.1 Å². The van der Waals surface area contributed by atoms with E-state index in [0.717, 1.165) is 23.3 Å². The highest BCUT2D eigenvalue weighted by atomic mass is 16.7. The Morgan fingerprint density at radius 2 is 1.61 bits per heavy atom. The molecular weight excluding hydrogens is 418 g/mol. The van der Waals surface area contributed by atoms with Crippen LogP contribution >= 0.6 is 0 Å². The van der Waals surface area contributed by atoms with Crippen LogP contribution in [0.2, 0.25) is 0 Å². The molecule has 0 radical (unpaired) electrons. The van der Waals surface area contributed by atoms with Gasteiger partial charge in [-0.05, 0) is 41.5 Å². The van der Waals surface area contributed by atoms with E-state index < -0.39 is 5.97 Å². The summed E-state index contributed by atoms with van der Waals surface area (Å²) in [5, 5.41) is 1.39. The highest BCUT2D eigenvalue weighted by molar-refractivity contribution is 5.97. The summed E-state index contributed by atoms with van der Waals surface area (Å²) < 4.78 is 11.2. The van der Waals surface area contributed by atoms with Gasteiger partial charge in [-0.3, -0.25) is 9.63 Å². The van der Waals surface area contributed by atoms with Crippen LogP contribution in [-0.4, -0.2) is 29.1 Å². The quantitative estimate of drug-likeness (QED) is 0.393. The van der Waals surface area contributed by atoms with Gasteiger partial charge in [0, 0.05) is 12.0 Å². The van der Waals surface area contributed by atoms with Crippen molar-refractivity contribution in [3.8, 4) is 5.75 Å². The summed E-state index contributed by atoms with van der Waals surface area (Å²) in [5.41, 5.74) is 2.65. The van der Waals surface area contributed by atoms with Crippen LogP contribution < -0.4 is 4.74 Å². The Labute approximate surface area is 192 Å². The Hall–Kier alpha value is -3.90. The first-order valence-electron chi connectivity index (χ1n) is 10.9. The summed E-state index contributed by atoms with van der Waals surface area (Å²) in [7, 11) is 0. The van der Waals surface area contributed by atoms with Crippen LogP contribution in [0.3, 0.4) is 0 Å². The lowest BCUT2D eigenvalue weighted by Gasteiger charge is -2.22. The van der Waals surface area contributed by atoms with Gasteiger partial charge < -0.3 is 9.47 Å². The third-order valence-corrected chi connectivity index (χ3v) is 5.66. The van der Waals surface area contributed by atoms with Crippen molar-refractivity contribution in [2.24, 2.45) is 0 Å². The summed E-state index contributed by atoms with van der Waals surface area (Å²) >= 11 is 0. The number of carbonyl (C=O) groups is 2. The van der Waals surface area contributed by atoms with Gasteiger partial charge in [-0.15, -0.1) is 0 Å². The lowest BCUT2D eigenvalue weighted by atomic mass is 10.1. The molecule has 1 aliphatic carbocycles. The molecule has 33 heavy (non-hydrogen) atoms. The molecule has 3 aromatic carbocycles. The second-order valence-electron chi connectivity index (χ2n) is 8.04. The van der Waals surface area contributed by atoms with Crippen molar-refractivity contribution in [2.75, 3.05) is 0 Å². The van der Waals surface area contributed by atoms with Gasteiger partial charge >= 0.3 is 5.97 Å². The molecule has 0 aromatic heterocycles. The molecule has 6 nitrogen and oxygen atoms in total. The van der Waals surface area contributed by atoms with Crippen LogP contribution in [0.5, 0.6) is 5.75 Å². The number of hydrogen-bond acceptors (Lipinski definition) is 5. The Morgan fingerprint density at radius 3 is 2.33 bits per heavy atom. The number of hydroxylamine groups is 2. The van der Waals surface area contributed by atoms with Gasteiger partial charge in [-0.1, -0.05) is 60.7 Å². The van der Waals surface area contributed by atoms with Crippen LogP contribution in [0.4, 0.5) is 0 Å². The fourth-order valence-corrected chi connectivity index (χ4v) is 3.88. The van der Waals surface area contributed by atoms with E-state index in [0.29, 0.717) is 17.7 Å². The first-order chi connectivity index (χ1) is 16.2. The van der Waals surface area contributed by atoms with Crippen LogP contribution in [0.15, 0.2) is 91.0 Å². The molecule has 5 rings (SSSR count). The molecule has 1 saturated heterocycles. The summed E-state index contributed by atoms with van der Waals surface area (Å²) in [4.78, 5) is 30.9. The van der Waals surface area contributed by atoms with Crippen molar-refractivity contribution < 1.29 is 23.9 Å². The number of esters is 1. The standard InChI is InChI=1S/C27H23NO5/c29-26(28-23-11-14-25(16-23)33-28)21-7-4-8-22(15-21)27(30)32-18-20-9-12-24(13-10-20)31-17-19-5-2-1-3-6-19/h1-15,23,25H,16-18H2. The number of nitrogens with zero attached hydrogens (tertiary/aromatic N) is 1. The zero-order valence-corrected chi connectivity index (χ0v) is 17.9. The van der Waals surface area contributed by atoms with E-state index in [-0.39, 0.29) is 24.7 Å². The number of rotatable bonds is 7. The van der Waals surface area contributed by atoms with Gasteiger partial charge in [0.25, 0.3) is 5.91 Å². The molecule has 1 fully saturated rings. The van der Waals surface area contributed by atoms with E-state index in [1.165, 1.54) is 5.06 Å². The minimum atomic E-state index is -0.488. The van der Waals surface area contributed by atoms with Gasteiger partial charge in [-0.25, -0.2) is 9.86 Å². The van der Waals surface area contributed by atoms with Gasteiger partial charge in [0.05, 0.1) is 11.6 Å². The molecule has 0 N–H and O–H groups in total. The second-order valence-corrected chi connectivity index (χ2v) is 8.04. The zero-order valence-electron chi connectivity index (χ0n) is 17.9. The summed E-state index contributed by atoms with van der Waals surface area (Å²) in [6, 6.07) is 23.8. The molecule has 2 aliphatic rings. The zero-order chi connectivity index (χ0) is 22.6. The van der Waals surface area contributed by atoms with E-state index in [1.807, 2.05) is 66.7 Å². The van der Waals surface area contributed by atoms with Crippen LogP contribution in [0, 0.1) is 0 Å². The molecule has 2 atom stereocenters. The van der Waals surface area contributed by atoms with Crippen molar-refractivity contribution in [3.05, 3.63) is 113 Å². The maximum absolute atomic E-state index is 12.8. The third kappa shape index (κ3) is 4.81. The fraction of sp³-hybridized carbons (Fsp3) is 0.185. The molecule has 2 bridgehead atoms. The van der Waals surface area contributed by atoms with Crippen molar-refractivity contribution >= 4 is 11.9 Å². The summed E-state index contributed by atoms with van der Waals surface area (Å²) in [6.45, 7) is 0.615. The number of fused-ring (bicyclic) bond motifs is 2. The minimum Gasteiger partial charge on any atom is -0.489 e. The molecule has 0 spiro atoms. The van der Waals surface area contributed by atoms with E-state index >= 15 is 0 Å². The van der Waals surface area contributed by atoms with E-state index in [9.17, 15) is 9.59 Å². The Morgan fingerprint density at radius 1 is 0.848 bits per heavy atom. The van der Waals surface area contributed by atoms with E-state index in [4.69, 9.17) is 14.3 Å². The highest BCUT2D eigenvalue weighted by Gasteiger charge is 2.38. The van der Waals surface area contributed by atoms with Gasteiger partial charge in [-0.2, -0.15) is 0 Å². The van der Waals surface area contributed by atoms with Crippen molar-refractivity contribution in [3.63, 3.8) is 0 Å². The predicted molar refractivity (Wildman–Crippen MR) is 121 cm³/mol. The number of carbonyl (C=O) groups excluding carboxylic acids is 2. The number of hydrogen-bond donors (Lipinski definition) is 0. The molecular formula is C27H23NO5. The molecule has 1 amide bonds. The van der Waals surface area contributed by atoms with Crippen molar-refractivity contribution in [2.45, 2.75) is 31.8 Å². The Balaban J connectivity index is 1.15. The van der Waals surface area contributed by atoms with E-state index in [2.05, 4.69) is 0 Å². The SMILES string of the molecule is O=C(OCc1ccc(OCc2ccccc2)cc1)c1cccc(C(=O)N2OC3C=CC2C3)c1. The van der Waals surface area contributed by atoms with E-state index in [1.54, 1.807) is 24.3 Å². The average Bonchev–Trinajstić information content (AvgIpc) is 3.51. The molecule has 1 aliphatic heterocycles. The van der Waals surface area contributed by atoms with Crippen LogP contribution in [-0.2, 0) is 22.8 Å². The molecule has 6 heteroatoms. The smallest absolute Gasteiger partial charge is 0.338 e. The molecule has 3 aromatic rings. The number of ether oxygens (including phenoxy) is 2. The predicted octanol–water partition coefficient (Wildman–Crippen LogP) is 4.71. The van der Waals surface area contributed by atoms with Gasteiger partial charge in [0.15, 0.2) is 0 Å². The average molecular weight is 441 g/mol. The Bertz CT molecular complexity index is 1170. The van der Waals surface area contributed by atoms with Crippen LogP contribution in [0.25, 0.3) is 0 Å². The lowest BCUT2D eigenvalue weighted by Crippen LogP contribution is -2.34. The normalized spacial score (nSPS) is 18.4. The fourth-order valence-electron chi connectivity index (χ4n) is 3.88. The van der Waals surface area contributed by atoms with Crippen molar-refractivity contribution in [1.29, 1.82) is 0 Å². The minimum absolute atomic E-state index is 0.0396. The Kier molecular flexibility index (Phi) is 5.91. The second kappa shape index (κ2) is 9.30. The first kappa shape index (κ1) is 21.0. The molecule has 2 unspecified atom stereocenters. The monoisotopic (exact) mass is 441 g/mol. The lowest BCUT2D eigenvalue weighted by molar-refractivity contribution is -0.114. The third-order valence-electron chi connectivity index (χ3n) is 5.66. The topological polar surface area (TPSA) is 65.1 Å². The molecule has 166 valence electrons. The maximum Gasteiger partial charge on any atom is 0.338 e. The first-order valence-corrected chi connectivity index (χ1v) is 10.9. The van der Waals surface area contributed by atoms with Crippen molar-refractivity contribution in [1.82, 2.24) is 5.06 Å². The summed E-state index contributed by atoms with van der Waals surface area (Å²) in [5.74, 6) is -0.00164. The highest BCUT2D eigenvalue weighted by Crippen LogP contribution is 2.30. The number of amides is 1. The molecule has 0 saturated carbocycles. The largest absolute Gasteiger partial charge is 0.489 e.